The first kappa shape index (κ1) is 28.3. The summed E-state index contributed by atoms with van der Waals surface area (Å²) in [6, 6.07) is 10.00. The SMILES string of the molecule is CCN1CCC(n2cc([C@@H](Nc3cc(Cl)c4ncc(C#N)c(Nc5ccc(F)c(Cl)c5)c4c3)c3cscn3)nn2)CC1. The van der Waals surface area contributed by atoms with Gasteiger partial charge >= 0.3 is 0 Å². The summed E-state index contributed by atoms with van der Waals surface area (Å²) in [5.41, 5.74) is 5.78. The number of nitriles is 1. The van der Waals surface area contributed by atoms with Gasteiger partial charge in [0.2, 0.25) is 0 Å². The van der Waals surface area contributed by atoms with Crippen LogP contribution in [-0.4, -0.2) is 49.5 Å². The zero-order chi connectivity index (χ0) is 29.2. The molecule has 1 saturated heterocycles. The smallest absolute Gasteiger partial charge is 0.141 e. The largest absolute Gasteiger partial charge is 0.371 e. The third-order valence-electron chi connectivity index (χ3n) is 7.49. The Morgan fingerprint density at radius 1 is 1.12 bits per heavy atom. The molecule has 0 unspecified atom stereocenters. The van der Waals surface area contributed by atoms with Gasteiger partial charge in [-0.2, -0.15) is 5.26 Å². The Kier molecular flexibility index (Phi) is 8.22. The second-order valence-electron chi connectivity index (χ2n) is 10.0. The van der Waals surface area contributed by atoms with Gasteiger partial charge in [-0.15, -0.1) is 16.4 Å². The fourth-order valence-corrected chi connectivity index (χ4v) is 6.24. The monoisotopic (exact) mass is 621 g/mol. The van der Waals surface area contributed by atoms with Crippen LogP contribution in [0.3, 0.4) is 0 Å². The van der Waals surface area contributed by atoms with Gasteiger partial charge in [0.1, 0.15) is 23.6 Å². The summed E-state index contributed by atoms with van der Waals surface area (Å²) in [5.74, 6) is -0.534. The van der Waals surface area contributed by atoms with Crippen LogP contribution in [-0.2, 0) is 0 Å². The van der Waals surface area contributed by atoms with Crippen LogP contribution < -0.4 is 10.6 Å². The Balaban J connectivity index is 1.36. The number of fused-ring (bicyclic) bond motifs is 1. The molecule has 1 fully saturated rings. The second-order valence-corrected chi connectivity index (χ2v) is 11.6. The maximum absolute atomic E-state index is 13.8. The number of pyridine rings is 1. The van der Waals surface area contributed by atoms with Crippen molar-refractivity contribution in [1.82, 2.24) is 29.9 Å². The van der Waals surface area contributed by atoms with E-state index in [1.54, 1.807) is 17.6 Å². The number of nitrogens with zero attached hydrogens (tertiary/aromatic N) is 7. The van der Waals surface area contributed by atoms with Crippen LogP contribution in [0.25, 0.3) is 10.9 Å². The zero-order valence-corrected chi connectivity index (χ0v) is 24.9. The minimum absolute atomic E-state index is 0.0349. The van der Waals surface area contributed by atoms with E-state index < -0.39 is 11.9 Å². The third-order valence-corrected chi connectivity index (χ3v) is 8.68. The maximum atomic E-state index is 13.8. The minimum Gasteiger partial charge on any atom is -0.371 e. The molecule has 42 heavy (non-hydrogen) atoms. The number of aromatic nitrogens is 5. The Bertz CT molecular complexity index is 1760. The summed E-state index contributed by atoms with van der Waals surface area (Å²) >= 11 is 14.2. The molecule has 0 amide bonds. The van der Waals surface area contributed by atoms with Gasteiger partial charge in [-0.25, -0.2) is 14.1 Å². The number of thiazole rings is 1. The van der Waals surface area contributed by atoms with E-state index in [1.807, 2.05) is 22.3 Å². The standard InChI is InChI=1S/C29H26Cl2FN9S/c1-2-40-7-5-20(6-8-40)41-14-25(38-39-41)29(26-15-42-16-35-26)37-19-9-21-27(36-18-3-4-24(32)22(30)10-18)17(12-33)13-34-28(21)23(31)11-19/h3-4,9-11,13-16,20,29,37H,2,5-8H2,1H3,(H,34,36)/t29-/m1/s1. The highest BCUT2D eigenvalue weighted by atomic mass is 35.5. The van der Waals surface area contributed by atoms with Crippen molar-refractivity contribution < 1.29 is 4.39 Å². The summed E-state index contributed by atoms with van der Waals surface area (Å²) < 4.78 is 15.8. The van der Waals surface area contributed by atoms with E-state index in [2.05, 4.69) is 48.8 Å². The molecule has 9 nitrogen and oxygen atoms in total. The van der Waals surface area contributed by atoms with Crippen molar-refractivity contribution in [2.45, 2.75) is 31.8 Å². The molecule has 0 saturated carbocycles. The van der Waals surface area contributed by atoms with Crippen molar-refractivity contribution in [3.63, 3.8) is 0 Å². The van der Waals surface area contributed by atoms with Crippen molar-refractivity contribution in [3.05, 3.63) is 86.4 Å². The van der Waals surface area contributed by atoms with Crippen molar-refractivity contribution in [2.75, 3.05) is 30.3 Å². The first-order valence-electron chi connectivity index (χ1n) is 13.5. The number of halogens is 3. The number of hydrogen-bond donors (Lipinski definition) is 2. The highest BCUT2D eigenvalue weighted by Crippen LogP contribution is 2.37. The number of piperidine rings is 1. The van der Waals surface area contributed by atoms with Crippen LogP contribution in [0.4, 0.5) is 21.5 Å². The molecular weight excluding hydrogens is 596 g/mol. The molecule has 1 aliphatic rings. The van der Waals surface area contributed by atoms with Gasteiger partial charge in [-0.3, -0.25) is 4.98 Å². The summed E-state index contributed by atoms with van der Waals surface area (Å²) in [7, 11) is 0. The van der Waals surface area contributed by atoms with Gasteiger partial charge in [0.15, 0.2) is 0 Å². The average molecular weight is 623 g/mol. The number of benzene rings is 2. The van der Waals surface area contributed by atoms with Gasteiger partial charge in [0.25, 0.3) is 0 Å². The van der Waals surface area contributed by atoms with Crippen LogP contribution >= 0.6 is 34.5 Å². The van der Waals surface area contributed by atoms with E-state index in [4.69, 9.17) is 23.2 Å². The predicted octanol–water partition coefficient (Wildman–Crippen LogP) is 7.20. The van der Waals surface area contributed by atoms with E-state index in [0.717, 1.165) is 43.9 Å². The Morgan fingerprint density at radius 2 is 1.93 bits per heavy atom. The van der Waals surface area contributed by atoms with Gasteiger partial charge in [0.05, 0.1) is 50.3 Å². The van der Waals surface area contributed by atoms with Crippen LogP contribution in [0, 0.1) is 17.1 Å². The number of rotatable bonds is 8. The van der Waals surface area contributed by atoms with Crippen LogP contribution in [0.15, 0.2) is 53.6 Å². The molecule has 0 radical (unpaired) electrons. The lowest BCUT2D eigenvalue weighted by Gasteiger charge is -2.30. The molecule has 1 aliphatic heterocycles. The van der Waals surface area contributed by atoms with Crippen LogP contribution in [0.2, 0.25) is 10.0 Å². The first-order valence-corrected chi connectivity index (χ1v) is 15.2. The molecule has 2 N–H and O–H groups in total. The summed E-state index contributed by atoms with van der Waals surface area (Å²) in [6.07, 6.45) is 5.49. The Labute approximate surface area is 255 Å². The first-order chi connectivity index (χ1) is 20.4. The van der Waals surface area contributed by atoms with E-state index in [0.29, 0.717) is 44.6 Å². The van der Waals surface area contributed by atoms with Crippen molar-refractivity contribution in [2.24, 2.45) is 0 Å². The lowest BCUT2D eigenvalue weighted by molar-refractivity contribution is 0.186. The fraction of sp³-hybridized carbons (Fsp3) is 0.276. The highest BCUT2D eigenvalue weighted by Gasteiger charge is 2.25. The topological polar surface area (TPSA) is 108 Å². The van der Waals surface area contributed by atoms with Gasteiger partial charge in [0, 0.05) is 41.4 Å². The van der Waals surface area contributed by atoms with E-state index in [1.165, 1.54) is 29.7 Å². The molecule has 1 atom stereocenters. The number of hydrogen-bond acceptors (Lipinski definition) is 9. The molecule has 3 aromatic heterocycles. The highest BCUT2D eigenvalue weighted by molar-refractivity contribution is 7.07. The van der Waals surface area contributed by atoms with Gasteiger partial charge in [-0.1, -0.05) is 35.3 Å². The molecule has 214 valence electrons. The van der Waals surface area contributed by atoms with Gasteiger partial charge in [-0.05, 0) is 49.7 Å². The summed E-state index contributed by atoms with van der Waals surface area (Å²) in [6.45, 7) is 5.32. The number of likely N-dealkylation sites (tertiary alicyclic amines) is 1. The summed E-state index contributed by atoms with van der Waals surface area (Å²) in [5, 5.41) is 28.6. The minimum atomic E-state index is -0.534. The molecule has 4 heterocycles. The lowest BCUT2D eigenvalue weighted by atomic mass is 10.1. The van der Waals surface area contributed by atoms with Crippen LogP contribution in [0.1, 0.15) is 48.8 Å². The molecule has 0 aliphatic carbocycles. The second kappa shape index (κ2) is 12.2. The normalized spacial score (nSPS) is 15.0. The maximum Gasteiger partial charge on any atom is 0.141 e. The third kappa shape index (κ3) is 5.76. The van der Waals surface area contributed by atoms with Crippen molar-refractivity contribution in [3.8, 4) is 6.07 Å². The quantitative estimate of drug-likeness (QED) is 0.187. The Hall–Kier alpha value is -3.82. The zero-order valence-electron chi connectivity index (χ0n) is 22.6. The summed E-state index contributed by atoms with van der Waals surface area (Å²) in [4.78, 5) is 11.4. The molecule has 5 aromatic rings. The average Bonchev–Trinajstić information content (AvgIpc) is 3.72. The molecule has 0 bridgehead atoms. The molecule has 0 spiro atoms. The van der Waals surface area contributed by atoms with E-state index >= 15 is 0 Å². The predicted molar refractivity (Wildman–Crippen MR) is 164 cm³/mol. The fourth-order valence-electron chi connectivity index (χ4n) is 5.21. The number of anilines is 3. The Morgan fingerprint density at radius 3 is 2.64 bits per heavy atom. The van der Waals surface area contributed by atoms with E-state index in [-0.39, 0.29) is 5.02 Å². The molecule has 6 rings (SSSR count). The van der Waals surface area contributed by atoms with Crippen molar-refractivity contribution >= 4 is 62.5 Å². The van der Waals surface area contributed by atoms with E-state index in [9.17, 15) is 9.65 Å². The molecular formula is C29H26Cl2FN9S. The van der Waals surface area contributed by atoms with Gasteiger partial charge < -0.3 is 15.5 Å². The number of nitrogens with one attached hydrogen (secondary N) is 2. The molecule has 2 aromatic carbocycles. The van der Waals surface area contributed by atoms with Crippen LogP contribution in [0.5, 0.6) is 0 Å². The molecule has 13 heteroatoms. The lowest BCUT2D eigenvalue weighted by Crippen LogP contribution is -2.34. The van der Waals surface area contributed by atoms with Crippen molar-refractivity contribution in [1.29, 1.82) is 5.26 Å².